The molecule has 0 aliphatic heterocycles. The normalized spacial score (nSPS) is 9.65. The summed E-state index contributed by atoms with van der Waals surface area (Å²) in [6.07, 6.45) is 1.70. The molecule has 1 aromatic heterocycles. The zero-order chi connectivity index (χ0) is 12.3. The smallest absolute Gasteiger partial charge is 0.271 e. The maximum atomic E-state index is 11.3. The van der Waals surface area contributed by atoms with Crippen LogP contribution in [0.5, 0.6) is 0 Å². The summed E-state index contributed by atoms with van der Waals surface area (Å²) in [7, 11) is 1.56. The van der Waals surface area contributed by atoms with Crippen LogP contribution in [0.2, 0.25) is 0 Å². The van der Waals surface area contributed by atoms with E-state index < -0.39 is 0 Å². The Bertz CT molecular complexity index is 577. The van der Waals surface area contributed by atoms with E-state index in [9.17, 15) is 4.79 Å². The number of hydrogen-bond donors (Lipinski definition) is 1. The molecule has 0 spiro atoms. The Balaban J connectivity index is 2.31. The Morgan fingerprint density at radius 2 is 2.06 bits per heavy atom. The topological polar surface area (TPSA) is 70.7 Å². The molecule has 1 aromatic carbocycles. The molecule has 5 nitrogen and oxygen atoms in total. The van der Waals surface area contributed by atoms with Gasteiger partial charge in [-0.1, -0.05) is 0 Å². The van der Waals surface area contributed by atoms with Gasteiger partial charge in [0, 0.05) is 13.2 Å². The monoisotopic (exact) mass is 226 g/mol. The van der Waals surface area contributed by atoms with Crippen LogP contribution in [0.15, 0.2) is 36.5 Å². The van der Waals surface area contributed by atoms with Crippen molar-refractivity contribution in [2.75, 3.05) is 7.05 Å². The minimum Gasteiger partial charge on any atom is -0.354 e. The van der Waals surface area contributed by atoms with Crippen LogP contribution in [0.3, 0.4) is 0 Å². The van der Waals surface area contributed by atoms with Crippen LogP contribution in [-0.2, 0) is 0 Å². The largest absolute Gasteiger partial charge is 0.354 e. The number of benzene rings is 1. The van der Waals surface area contributed by atoms with Crippen molar-refractivity contribution in [2.24, 2.45) is 0 Å². The van der Waals surface area contributed by atoms with Gasteiger partial charge in [0.25, 0.3) is 5.91 Å². The van der Waals surface area contributed by atoms with Gasteiger partial charge in [0.2, 0.25) is 0 Å². The van der Waals surface area contributed by atoms with Crippen molar-refractivity contribution in [3.05, 3.63) is 47.8 Å². The van der Waals surface area contributed by atoms with Crippen LogP contribution in [0, 0.1) is 11.3 Å². The zero-order valence-electron chi connectivity index (χ0n) is 9.21. The summed E-state index contributed by atoms with van der Waals surface area (Å²) in [5, 5.41) is 15.3. The third-order valence-electron chi connectivity index (χ3n) is 2.31. The lowest BCUT2D eigenvalue weighted by Gasteiger charge is -2.00. The van der Waals surface area contributed by atoms with E-state index in [1.807, 2.05) is 6.07 Å². The van der Waals surface area contributed by atoms with Crippen molar-refractivity contribution in [1.82, 2.24) is 15.1 Å². The second kappa shape index (κ2) is 4.49. The Morgan fingerprint density at radius 3 is 2.65 bits per heavy atom. The lowest BCUT2D eigenvalue weighted by Crippen LogP contribution is -2.18. The van der Waals surface area contributed by atoms with Crippen molar-refractivity contribution in [3.8, 4) is 11.8 Å². The number of carbonyl (C=O) groups is 1. The Hall–Kier alpha value is -2.61. The van der Waals surface area contributed by atoms with Crippen molar-refractivity contribution in [2.45, 2.75) is 0 Å². The van der Waals surface area contributed by atoms with Gasteiger partial charge in [-0.25, -0.2) is 4.68 Å². The van der Waals surface area contributed by atoms with Crippen LogP contribution in [0.1, 0.15) is 16.1 Å². The van der Waals surface area contributed by atoms with Crippen molar-refractivity contribution in [1.29, 1.82) is 5.26 Å². The molecule has 0 atom stereocenters. The predicted molar refractivity (Wildman–Crippen MR) is 61.7 cm³/mol. The number of nitrogens with one attached hydrogen (secondary N) is 1. The molecule has 1 heterocycles. The first-order valence-electron chi connectivity index (χ1n) is 5.03. The van der Waals surface area contributed by atoms with E-state index in [0.29, 0.717) is 11.3 Å². The number of nitrogens with zero attached hydrogens (tertiary/aromatic N) is 3. The van der Waals surface area contributed by atoms with E-state index in [1.54, 1.807) is 48.3 Å². The van der Waals surface area contributed by atoms with Crippen LogP contribution in [0.4, 0.5) is 0 Å². The van der Waals surface area contributed by atoms with Crippen molar-refractivity contribution in [3.63, 3.8) is 0 Å². The van der Waals surface area contributed by atoms with Gasteiger partial charge in [-0.3, -0.25) is 4.79 Å². The minimum absolute atomic E-state index is 0.225. The molecule has 0 aliphatic rings. The van der Waals surface area contributed by atoms with E-state index in [1.165, 1.54) is 0 Å². The highest BCUT2D eigenvalue weighted by atomic mass is 16.1. The molecule has 0 bridgehead atoms. The van der Waals surface area contributed by atoms with Crippen LogP contribution < -0.4 is 5.32 Å². The molecule has 5 heteroatoms. The van der Waals surface area contributed by atoms with Gasteiger partial charge in [0.1, 0.15) is 0 Å². The van der Waals surface area contributed by atoms with Crippen LogP contribution in [-0.4, -0.2) is 22.7 Å². The second-order valence-corrected chi connectivity index (χ2v) is 3.38. The lowest BCUT2D eigenvalue weighted by molar-refractivity contribution is 0.0958. The fraction of sp³-hybridized carbons (Fsp3) is 0.0833. The Kier molecular flexibility index (Phi) is 2.88. The summed E-state index contributed by atoms with van der Waals surface area (Å²) in [5.41, 5.74) is 1.75. The van der Waals surface area contributed by atoms with Crippen molar-refractivity contribution < 1.29 is 4.79 Å². The van der Waals surface area contributed by atoms with E-state index in [-0.39, 0.29) is 5.91 Å². The zero-order valence-corrected chi connectivity index (χ0v) is 9.21. The van der Waals surface area contributed by atoms with E-state index in [4.69, 9.17) is 5.26 Å². The third-order valence-corrected chi connectivity index (χ3v) is 2.31. The highest BCUT2D eigenvalue weighted by Gasteiger charge is 2.07. The molecule has 2 aromatic rings. The summed E-state index contributed by atoms with van der Waals surface area (Å²) in [6.45, 7) is 0. The molecule has 0 saturated heterocycles. The Morgan fingerprint density at radius 1 is 1.35 bits per heavy atom. The van der Waals surface area contributed by atoms with Gasteiger partial charge in [-0.05, 0) is 30.3 Å². The average Bonchev–Trinajstić information content (AvgIpc) is 2.87. The van der Waals surface area contributed by atoms with Gasteiger partial charge < -0.3 is 5.32 Å². The standard InChI is InChI=1S/C12H10N4O/c1-14-12(17)11-6-7-16(15-11)10-4-2-9(8-13)3-5-10/h2-7H,1H3,(H,14,17). The molecule has 0 aliphatic carbocycles. The van der Waals surface area contributed by atoms with Gasteiger partial charge in [-0.15, -0.1) is 0 Å². The van der Waals surface area contributed by atoms with Gasteiger partial charge >= 0.3 is 0 Å². The van der Waals surface area contributed by atoms with E-state index >= 15 is 0 Å². The predicted octanol–water partition coefficient (Wildman–Crippen LogP) is 1.10. The summed E-state index contributed by atoms with van der Waals surface area (Å²) >= 11 is 0. The molecule has 17 heavy (non-hydrogen) atoms. The maximum Gasteiger partial charge on any atom is 0.271 e. The fourth-order valence-electron chi connectivity index (χ4n) is 1.41. The highest BCUT2D eigenvalue weighted by molar-refractivity contribution is 5.91. The third kappa shape index (κ3) is 2.16. The summed E-state index contributed by atoms with van der Waals surface area (Å²) in [5.74, 6) is -0.225. The minimum atomic E-state index is -0.225. The number of rotatable bonds is 2. The van der Waals surface area contributed by atoms with E-state index in [2.05, 4.69) is 10.4 Å². The highest BCUT2D eigenvalue weighted by Crippen LogP contribution is 2.09. The first kappa shape index (κ1) is 10.9. The van der Waals surface area contributed by atoms with E-state index in [0.717, 1.165) is 5.69 Å². The molecule has 1 amide bonds. The molecule has 0 saturated carbocycles. The summed E-state index contributed by atoms with van der Waals surface area (Å²) in [6, 6.07) is 10.6. The summed E-state index contributed by atoms with van der Waals surface area (Å²) < 4.78 is 1.59. The molecule has 0 unspecified atom stereocenters. The molecular weight excluding hydrogens is 216 g/mol. The number of nitriles is 1. The number of amides is 1. The quantitative estimate of drug-likeness (QED) is 0.833. The van der Waals surface area contributed by atoms with Gasteiger partial charge in [0.15, 0.2) is 5.69 Å². The summed E-state index contributed by atoms with van der Waals surface area (Å²) in [4.78, 5) is 11.3. The first-order chi connectivity index (χ1) is 8.24. The van der Waals surface area contributed by atoms with Crippen molar-refractivity contribution >= 4 is 5.91 Å². The number of carbonyl (C=O) groups excluding carboxylic acids is 1. The second-order valence-electron chi connectivity index (χ2n) is 3.38. The number of aromatic nitrogens is 2. The molecule has 84 valence electrons. The van der Waals surface area contributed by atoms with Crippen LogP contribution >= 0.6 is 0 Å². The molecule has 0 radical (unpaired) electrons. The lowest BCUT2D eigenvalue weighted by atomic mass is 10.2. The van der Waals surface area contributed by atoms with Gasteiger partial charge in [0.05, 0.1) is 17.3 Å². The maximum absolute atomic E-state index is 11.3. The molecule has 2 rings (SSSR count). The fourth-order valence-corrected chi connectivity index (χ4v) is 1.41. The van der Waals surface area contributed by atoms with Gasteiger partial charge in [-0.2, -0.15) is 10.4 Å². The Labute approximate surface area is 98.3 Å². The average molecular weight is 226 g/mol. The first-order valence-corrected chi connectivity index (χ1v) is 5.03. The molecular formula is C12H10N4O. The SMILES string of the molecule is CNC(=O)c1ccn(-c2ccc(C#N)cc2)n1. The van der Waals surface area contributed by atoms with Crippen LogP contribution in [0.25, 0.3) is 5.69 Å². The molecule has 1 N–H and O–H groups in total. The number of hydrogen-bond acceptors (Lipinski definition) is 3. The molecule has 0 fully saturated rings.